The average Bonchev–Trinajstić information content (AvgIpc) is 3.44. The van der Waals surface area contributed by atoms with Crippen LogP contribution in [0, 0.1) is 6.92 Å². The number of carbonyl (C=O) groups excluding carboxylic acids is 2. The van der Waals surface area contributed by atoms with Crippen molar-refractivity contribution in [3.63, 3.8) is 0 Å². The summed E-state index contributed by atoms with van der Waals surface area (Å²) in [5, 5.41) is 14.4. The van der Waals surface area contributed by atoms with E-state index < -0.39 is 29.6 Å². The summed E-state index contributed by atoms with van der Waals surface area (Å²) in [6.07, 6.45) is -0.125. The molecular weight excluding hydrogens is 482 g/mol. The number of carbonyl (C=O) groups is 2. The number of nitrogens with zero attached hydrogens (tertiary/aromatic N) is 2. The highest BCUT2D eigenvalue weighted by molar-refractivity contribution is 7.11. The van der Waals surface area contributed by atoms with E-state index in [1.807, 2.05) is 0 Å². The molecular formula is C23H30F2N4O5S. The Bertz CT molecular complexity index is 1000. The van der Waals surface area contributed by atoms with Gasteiger partial charge >= 0.3 is 18.1 Å². The van der Waals surface area contributed by atoms with Gasteiger partial charge in [0.15, 0.2) is 5.56 Å². The molecule has 0 saturated carbocycles. The molecule has 12 heteroatoms. The van der Waals surface area contributed by atoms with Gasteiger partial charge in [-0.3, -0.25) is 10.2 Å². The van der Waals surface area contributed by atoms with Crippen molar-refractivity contribution in [3.8, 4) is 5.88 Å². The summed E-state index contributed by atoms with van der Waals surface area (Å²) in [4.78, 5) is 26.8. The second-order valence-electron chi connectivity index (χ2n) is 8.27. The number of aromatic nitrogens is 1. The van der Waals surface area contributed by atoms with Crippen molar-refractivity contribution in [2.75, 3.05) is 38.7 Å². The predicted octanol–water partition coefficient (Wildman–Crippen LogP) is 3.72. The zero-order chi connectivity index (χ0) is 25.4. The lowest BCUT2D eigenvalue weighted by Gasteiger charge is -2.22. The number of nitrogens with one attached hydrogen (secondary N) is 2. The Balaban J connectivity index is 1.56. The first-order valence-electron chi connectivity index (χ1n) is 11.4. The molecule has 1 aliphatic heterocycles. The number of rotatable bonds is 11. The number of alkyl halides is 2. The fourth-order valence-corrected chi connectivity index (χ4v) is 4.53. The maximum Gasteiger partial charge on any atom is 0.427 e. The summed E-state index contributed by atoms with van der Waals surface area (Å²) in [5.74, 6) is -1.60. The molecule has 1 saturated heterocycles. The van der Waals surface area contributed by atoms with Gasteiger partial charge in [-0.15, -0.1) is 0 Å². The van der Waals surface area contributed by atoms with Crippen LogP contribution in [0.5, 0.6) is 5.88 Å². The third kappa shape index (κ3) is 7.09. The van der Waals surface area contributed by atoms with Crippen molar-refractivity contribution < 1.29 is 33.0 Å². The first-order chi connectivity index (χ1) is 16.7. The largest absolute Gasteiger partial charge is 0.465 e. The number of aliphatic hydroxyl groups is 1. The van der Waals surface area contributed by atoms with Crippen molar-refractivity contribution >= 4 is 28.5 Å². The highest BCUT2D eigenvalue weighted by Crippen LogP contribution is 2.37. The molecule has 1 atom stereocenters. The first-order valence-corrected chi connectivity index (χ1v) is 12.1. The maximum absolute atomic E-state index is 14.7. The minimum Gasteiger partial charge on any atom is -0.465 e. The topological polar surface area (TPSA) is 113 Å². The lowest BCUT2D eigenvalue weighted by Crippen LogP contribution is -2.34. The van der Waals surface area contributed by atoms with Gasteiger partial charge in [0.1, 0.15) is 5.00 Å². The zero-order valence-electron chi connectivity index (χ0n) is 19.7. The zero-order valence-corrected chi connectivity index (χ0v) is 20.5. The van der Waals surface area contributed by atoms with E-state index in [0.29, 0.717) is 24.5 Å². The van der Waals surface area contributed by atoms with Crippen LogP contribution in [0.25, 0.3) is 0 Å². The van der Waals surface area contributed by atoms with Crippen LogP contribution in [0.2, 0.25) is 0 Å². The van der Waals surface area contributed by atoms with Gasteiger partial charge < -0.3 is 19.9 Å². The third-order valence-corrected chi connectivity index (χ3v) is 6.50. The molecule has 0 spiro atoms. The van der Waals surface area contributed by atoms with E-state index in [4.69, 9.17) is 4.74 Å². The van der Waals surface area contributed by atoms with Gasteiger partial charge in [0.25, 0.3) is 0 Å². The monoisotopic (exact) mass is 512 g/mol. The van der Waals surface area contributed by atoms with E-state index in [1.54, 1.807) is 6.92 Å². The SMILES string of the molecule is COC(=O)c1c(OC(F)(F)c2ccc(C)cc2)nsc1NC(=O)NCCCCN1CCCC1CO. The Labute approximate surface area is 206 Å². The fraction of sp³-hybridized carbons (Fsp3) is 0.522. The Morgan fingerprint density at radius 1 is 1.29 bits per heavy atom. The van der Waals surface area contributed by atoms with E-state index in [2.05, 4.69) is 24.6 Å². The maximum atomic E-state index is 14.7. The molecule has 1 unspecified atom stereocenters. The molecule has 2 heterocycles. The number of likely N-dealkylation sites (tertiary alicyclic amines) is 1. The van der Waals surface area contributed by atoms with Crippen LogP contribution < -0.4 is 15.4 Å². The van der Waals surface area contributed by atoms with Gasteiger partial charge in [-0.05, 0) is 69.4 Å². The number of ether oxygens (including phenoxy) is 2. The van der Waals surface area contributed by atoms with Crippen LogP contribution in [0.15, 0.2) is 24.3 Å². The molecule has 0 aliphatic carbocycles. The predicted molar refractivity (Wildman–Crippen MR) is 127 cm³/mol. The number of benzene rings is 1. The van der Waals surface area contributed by atoms with Crippen molar-refractivity contribution in [1.82, 2.24) is 14.6 Å². The molecule has 192 valence electrons. The van der Waals surface area contributed by atoms with Crippen molar-refractivity contribution in [2.24, 2.45) is 0 Å². The van der Waals surface area contributed by atoms with E-state index in [1.165, 1.54) is 24.3 Å². The number of esters is 1. The number of urea groups is 1. The molecule has 1 aromatic heterocycles. The van der Waals surface area contributed by atoms with Crippen LogP contribution in [0.3, 0.4) is 0 Å². The summed E-state index contributed by atoms with van der Waals surface area (Å²) < 4.78 is 42.6. The molecule has 3 rings (SSSR count). The van der Waals surface area contributed by atoms with Gasteiger partial charge in [-0.25, -0.2) is 9.59 Å². The van der Waals surface area contributed by atoms with Gasteiger partial charge in [0.05, 0.1) is 19.3 Å². The minimum atomic E-state index is -3.76. The van der Waals surface area contributed by atoms with Gasteiger partial charge in [-0.2, -0.15) is 13.2 Å². The lowest BCUT2D eigenvalue weighted by atomic mass is 10.1. The van der Waals surface area contributed by atoms with Crippen LogP contribution in [0.4, 0.5) is 18.6 Å². The Hall–Kier alpha value is -2.83. The van der Waals surface area contributed by atoms with Crippen LogP contribution in [0.1, 0.15) is 47.2 Å². The first kappa shape index (κ1) is 26.8. The molecule has 0 bridgehead atoms. The number of aliphatic hydroxyl groups excluding tert-OH is 1. The summed E-state index contributed by atoms with van der Waals surface area (Å²) in [5.41, 5.74) is 0.0123. The number of unbranched alkanes of at least 4 members (excludes halogenated alkanes) is 1. The molecule has 1 aromatic carbocycles. The van der Waals surface area contributed by atoms with Crippen molar-refractivity contribution in [2.45, 2.75) is 44.8 Å². The summed E-state index contributed by atoms with van der Waals surface area (Å²) in [6, 6.07) is 5.08. The minimum absolute atomic E-state index is 0.0630. The fourth-order valence-electron chi connectivity index (χ4n) is 3.83. The average molecular weight is 513 g/mol. The van der Waals surface area contributed by atoms with Gasteiger partial charge in [0.2, 0.25) is 5.88 Å². The molecule has 0 radical (unpaired) electrons. The van der Waals surface area contributed by atoms with Crippen molar-refractivity contribution in [1.29, 1.82) is 0 Å². The highest BCUT2D eigenvalue weighted by Gasteiger charge is 2.38. The number of methoxy groups -OCH3 is 1. The van der Waals surface area contributed by atoms with E-state index in [9.17, 15) is 23.5 Å². The van der Waals surface area contributed by atoms with Crippen LogP contribution >= 0.6 is 11.5 Å². The smallest absolute Gasteiger partial charge is 0.427 e. The second kappa shape index (κ2) is 12.2. The van der Waals surface area contributed by atoms with E-state index in [-0.39, 0.29) is 23.2 Å². The van der Waals surface area contributed by atoms with E-state index in [0.717, 1.165) is 45.0 Å². The lowest BCUT2D eigenvalue weighted by molar-refractivity contribution is -0.187. The highest BCUT2D eigenvalue weighted by atomic mass is 32.1. The third-order valence-electron chi connectivity index (χ3n) is 5.76. The summed E-state index contributed by atoms with van der Waals surface area (Å²) in [6.45, 7) is 4.10. The Morgan fingerprint density at radius 2 is 2.03 bits per heavy atom. The van der Waals surface area contributed by atoms with Gasteiger partial charge in [0, 0.05) is 12.6 Å². The van der Waals surface area contributed by atoms with Crippen LogP contribution in [-0.2, 0) is 10.8 Å². The quantitative estimate of drug-likeness (QED) is 0.311. The molecule has 2 amide bonds. The van der Waals surface area contributed by atoms with Crippen LogP contribution in [-0.4, -0.2) is 65.8 Å². The number of amides is 2. The number of aryl methyl sites for hydroxylation is 1. The van der Waals surface area contributed by atoms with E-state index >= 15 is 0 Å². The second-order valence-corrected chi connectivity index (χ2v) is 9.04. The number of halogens is 2. The Morgan fingerprint density at radius 3 is 2.71 bits per heavy atom. The summed E-state index contributed by atoms with van der Waals surface area (Å²) in [7, 11) is 1.09. The Kier molecular flexibility index (Phi) is 9.35. The van der Waals surface area contributed by atoms with Crippen molar-refractivity contribution in [3.05, 3.63) is 41.0 Å². The molecule has 1 aliphatic rings. The molecule has 3 N–H and O–H groups in total. The normalized spacial score (nSPS) is 16.2. The van der Waals surface area contributed by atoms with Gasteiger partial charge in [-0.1, -0.05) is 17.7 Å². The standard InChI is InChI=1S/C23H30F2N4O5S/c1-15-7-9-16(10-8-15)23(24,25)34-19-18(21(31)33-2)20(35-28-19)27-22(32)26-11-3-4-12-29-13-5-6-17(29)14-30/h7-10,17,30H,3-6,11-14H2,1-2H3,(H2,26,27,32). The molecule has 2 aromatic rings. The number of hydrogen-bond donors (Lipinski definition) is 3. The molecule has 1 fully saturated rings. The summed E-state index contributed by atoms with van der Waals surface area (Å²) >= 11 is 0.638. The molecule has 35 heavy (non-hydrogen) atoms. The molecule has 9 nitrogen and oxygen atoms in total. The number of hydrogen-bond acceptors (Lipinski definition) is 8. The number of anilines is 1.